The highest BCUT2D eigenvalue weighted by molar-refractivity contribution is 6.35. The number of nitrogens with zero attached hydrogens (tertiary/aromatic N) is 2. The van der Waals surface area contributed by atoms with Crippen molar-refractivity contribution >= 4 is 46.1 Å². The van der Waals surface area contributed by atoms with Gasteiger partial charge in [-0.25, -0.2) is 0 Å². The Bertz CT molecular complexity index is 1170. The van der Waals surface area contributed by atoms with Crippen LogP contribution in [-0.2, 0) is 0 Å². The number of ether oxygens (including phenoxy) is 1. The van der Waals surface area contributed by atoms with Crippen LogP contribution in [0.3, 0.4) is 0 Å². The van der Waals surface area contributed by atoms with Crippen molar-refractivity contribution in [3.8, 4) is 17.2 Å². The Labute approximate surface area is 169 Å². The monoisotopic (exact) mass is 417 g/mol. The van der Waals surface area contributed by atoms with E-state index in [0.717, 1.165) is 5.39 Å². The van der Waals surface area contributed by atoms with Crippen molar-refractivity contribution in [2.75, 3.05) is 11.9 Å². The van der Waals surface area contributed by atoms with Gasteiger partial charge in [-0.15, -0.1) is 5.10 Å². The number of hydrogen-bond acceptors (Lipinski definition) is 6. The summed E-state index contributed by atoms with van der Waals surface area (Å²) in [5, 5.41) is 11.8. The summed E-state index contributed by atoms with van der Waals surface area (Å²) in [5.41, 5.74) is 0.957. The first-order valence-electron chi connectivity index (χ1n) is 8.31. The molecule has 0 aliphatic rings. The van der Waals surface area contributed by atoms with Crippen LogP contribution >= 0.6 is 23.2 Å². The minimum atomic E-state index is -0.536. The Hall–Kier alpha value is -3.03. The molecule has 142 valence electrons. The van der Waals surface area contributed by atoms with Crippen LogP contribution in [0.2, 0.25) is 10.0 Å². The number of benzene rings is 2. The summed E-state index contributed by atoms with van der Waals surface area (Å²) in [6, 6.07) is 11.8. The number of para-hydroxylation sites is 1. The molecule has 0 aliphatic carbocycles. The van der Waals surface area contributed by atoms with Gasteiger partial charge in [0.2, 0.25) is 0 Å². The van der Waals surface area contributed by atoms with Gasteiger partial charge in [0.25, 0.3) is 11.8 Å². The lowest BCUT2D eigenvalue weighted by Crippen LogP contribution is -2.10. The second-order valence-electron chi connectivity index (χ2n) is 5.71. The van der Waals surface area contributed by atoms with E-state index in [1.54, 1.807) is 30.3 Å². The number of fused-ring (bicyclic) bond motifs is 1. The number of carbonyl (C=O) groups excluding carboxylic acids is 1. The van der Waals surface area contributed by atoms with Crippen molar-refractivity contribution in [1.29, 1.82) is 0 Å². The van der Waals surface area contributed by atoms with E-state index >= 15 is 0 Å². The van der Waals surface area contributed by atoms with Gasteiger partial charge in [0.05, 0.1) is 17.2 Å². The predicted molar refractivity (Wildman–Crippen MR) is 105 cm³/mol. The molecule has 4 rings (SSSR count). The van der Waals surface area contributed by atoms with Gasteiger partial charge in [-0.1, -0.05) is 40.4 Å². The molecule has 0 saturated heterocycles. The maximum atomic E-state index is 12.5. The highest BCUT2D eigenvalue weighted by Crippen LogP contribution is 2.31. The molecule has 0 aliphatic heterocycles. The van der Waals surface area contributed by atoms with Gasteiger partial charge in [0, 0.05) is 10.4 Å². The number of hydrogen-bond donors (Lipinski definition) is 1. The van der Waals surface area contributed by atoms with Crippen LogP contribution in [0, 0.1) is 0 Å². The first-order valence-corrected chi connectivity index (χ1v) is 9.06. The molecule has 4 aromatic rings. The van der Waals surface area contributed by atoms with Crippen LogP contribution in [0.4, 0.5) is 6.01 Å². The standard InChI is InChI=1S/C19H13Cl2N3O4/c1-2-26-14-5-3-4-10-8-15(27-16(10)14)17(25)22-19-24-23-18(28-19)12-9-11(20)6-7-13(12)21/h3-9H,2H2,1H3,(H,22,24,25). The van der Waals surface area contributed by atoms with Crippen molar-refractivity contribution in [1.82, 2.24) is 10.2 Å². The number of nitrogens with one attached hydrogen (secondary N) is 1. The highest BCUT2D eigenvalue weighted by Gasteiger charge is 2.19. The molecule has 0 unspecified atom stereocenters. The zero-order valence-electron chi connectivity index (χ0n) is 14.5. The lowest BCUT2D eigenvalue weighted by molar-refractivity contribution is 0.0995. The third-order valence-corrected chi connectivity index (χ3v) is 4.40. The molecule has 0 fully saturated rings. The average molecular weight is 418 g/mol. The van der Waals surface area contributed by atoms with Gasteiger partial charge in [0.1, 0.15) is 0 Å². The van der Waals surface area contributed by atoms with Crippen molar-refractivity contribution in [3.05, 3.63) is 58.3 Å². The summed E-state index contributed by atoms with van der Waals surface area (Å²) >= 11 is 12.1. The van der Waals surface area contributed by atoms with Crippen LogP contribution in [-0.4, -0.2) is 22.7 Å². The summed E-state index contributed by atoms with van der Waals surface area (Å²) in [4.78, 5) is 12.5. The second-order valence-corrected chi connectivity index (χ2v) is 6.55. The van der Waals surface area contributed by atoms with E-state index in [-0.39, 0.29) is 17.7 Å². The van der Waals surface area contributed by atoms with Crippen molar-refractivity contribution in [2.24, 2.45) is 0 Å². The Morgan fingerprint density at radius 1 is 1.14 bits per heavy atom. The minimum Gasteiger partial charge on any atom is -0.490 e. The van der Waals surface area contributed by atoms with E-state index < -0.39 is 5.91 Å². The first-order chi connectivity index (χ1) is 13.5. The molecule has 7 nitrogen and oxygen atoms in total. The molecule has 1 amide bonds. The van der Waals surface area contributed by atoms with E-state index in [1.165, 1.54) is 0 Å². The molecular weight excluding hydrogens is 405 g/mol. The molecule has 0 bridgehead atoms. The topological polar surface area (TPSA) is 90.4 Å². The van der Waals surface area contributed by atoms with Crippen LogP contribution < -0.4 is 10.1 Å². The SMILES string of the molecule is CCOc1cccc2cc(C(=O)Nc3nnc(-c4cc(Cl)ccc4Cl)o3)oc12. The molecule has 2 aromatic carbocycles. The van der Waals surface area contributed by atoms with Crippen molar-refractivity contribution in [3.63, 3.8) is 0 Å². The minimum absolute atomic E-state index is 0.0858. The zero-order chi connectivity index (χ0) is 19.7. The number of amides is 1. The molecule has 9 heteroatoms. The summed E-state index contributed by atoms with van der Waals surface area (Å²) in [5.74, 6) is 0.245. The van der Waals surface area contributed by atoms with Gasteiger partial charge in [-0.2, -0.15) is 0 Å². The van der Waals surface area contributed by atoms with E-state index in [4.69, 9.17) is 36.8 Å². The Morgan fingerprint density at radius 2 is 2.00 bits per heavy atom. The Morgan fingerprint density at radius 3 is 2.82 bits per heavy atom. The van der Waals surface area contributed by atoms with Crippen molar-refractivity contribution in [2.45, 2.75) is 6.92 Å². The number of furan rings is 1. The number of anilines is 1. The number of rotatable bonds is 5. The molecule has 1 N–H and O–H groups in total. The fourth-order valence-electron chi connectivity index (χ4n) is 2.62. The third kappa shape index (κ3) is 3.54. The van der Waals surface area contributed by atoms with Gasteiger partial charge in [-0.05, 0) is 37.3 Å². The second kappa shape index (κ2) is 7.53. The predicted octanol–water partition coefficient (Wildman–Crippen LogP) is 5.44. The zero-order valence-corrected chi connectivity index (χ0v) is 16.0. The van der Waals surface area contributed by atoms with E-state index in [1.807, 2.05) is 19.1 Å². The molecule has 28 heavy (non-hydrogen) atoms. The van der Waals surface area contributed by atoms with Gasteiger partial charge in [-0.3, -0.25) is 10.1 Å². The third-order valence-electron chi connectivity index (χ3n) is 3.84. The number of carbonyl (C=O) groups is 1. The lowest BCUT2D eigenvalue weighted by atomic mass is 10.2. The van der Waals surface area contributed by atoms with Crippen LogP contribution in [0.1, 0.15) is 17.5 Å². The molecule has 2 heterocycles. The normalized spacial score (nSPS) is 11.0. The fourth-order valence-corrected chi connectivity index (χ4v) is 2.99. The molecule has 2 aromatic heterocycles. The number of halogens is 2. The van der Waals surface area contributed by atoms with Gasteiger partial charge in [0.15, 0.2) is 17.1 Å². The van der Waals surface area contributed by atoms with Crippen LogP contribution in [0.15, 0.2) is 51.3 Å². The largest absolute Gasteiger partial charge is 0.490 e. The first kappa shape index (κ1) is 18.3. The van der Waals surface area contributed by atoms with E-state index in [2.05, 4.69) is 15.5 Å². The van der Waals surface area contributed by atoms with E-state index in [0.29, 0.717) is 33.5 Å². The quantitative estimate of drug-likeness (QED) is 0.464. The lowest BCUT2D eigenvalue weighted by Gasteiger charge is -2.02. The molecule has 0 saturated carbocycles. The highest BCUT2D eigenvalue weighted by atomic mass is 35.5. The number of aromatic nitrogens is 2. The average Bonchev–Trinajstić information content (AvgIpc) is 3.31. The molecule has 0 atom stereocenters. The summed E-state index contributed by atoms with van der Waals surface area (Å²) < 4.78 is 16.6. The molecular formula is C19H13Cl2N3O4. The smallest absolute Gasteiger partial charge is 0.322 e. The maximum Gasteiger partial charge on any atom is 0.322 e. The maximum absolute atomic E-state index is 12.5. The van der Waals surface area contributed by atoms with Gasteiger partial charge >= 0.3 is 6.01 Å². The van der Waals surface area contributed by atoms with Crippen LogP contribution in [0.5, 0.6) is 5.75 Å². The van der Waals surface area contributed by atoms with Gasteiger partial charge < -0.3 is 13.6 Å². The summed E-state index contributed by atoms with van der Waals surface area (Å²) in [6.45, 7) is 2.35. The summed E-state index contributed by atoms with van der Waals surface area (Å²) in [6.07, 6.45) is 0. The van der Waals surface area contributed by atoms with Crippen LogP contribution in [0.25, 0.3) is 22.4 Å². The fraction of sp³-hybridized carbons (Fsp3) is 0.105. The Balaban J connectivity index is 1.58. The Kier molecular flexibility index (Phi) is 4.93. The van der Waals surface area contributed by atoms with Crippen molar-refractivity contribution < 1.29 is 18.4 Å². The summed E-state index contributed by atoms with van der Waals surface area (Å²) in [7, 11) is 0. The molecule has 0 radical (unpaired) electrons. The van der Waals surface area contributed by atoms with E-state index in [9.17, 15) is 4.79 Å². The molecule has 0 spiro atoms.